The van der Waals surface area contributed by atoms with E-state index in [4.69, 9.17) is 11.6 Å². The molecule has 0 aliphatic heterocycles. The van der Waals surface area contributed by atoms with Crippen LogP contribution in [0.4, 0.5) is 18.9 Å². The Bertz CT molecular complexity index is 704. The molecule has 2 aromatic rings. The molecule has 128 valence electrons. The molecule has 1 amide bonds. The summed E-state index contributed by atoms with van der Waals surface area (Å²) in [4.78, 5) is 11.8. The largest absolute Gasteiger partial charge is 0.416 e. The summed E-state index contributed by atoms with van der Waals surface area (Å²) >= 11 is 5.88. The maximum atomic E-state index is 12.6. The van der Waals surface area contributed by atoms with Crippen molar-refractivity contribution in [3.8, 4) is 0 Å². The molecule has 0 spiro atoms. The van der Waals surface area contributed by atoms with E-state index in [1.165, 1.54) is 12.1 Å². The number of carbonyl (C=O) groups is 1. The molecule has 0 radical (unpaired) electrons. The Kier molecular flexibility index (Phi) is 6.23. The van der Waals surface area contributed by atoms with Crippen molar-refractivity contribution in [3.63, 3.8) is 0 Å². The molecule has 0 aromatic heterocycles. The molecule has 0 unspecified atom stereocenters. The lowest BCUT2D eigenvalue weighted by Gasteiger charge is -2.10. The van der Waals surface area contributed by atoms with Gasteiger partial charge in [0.25, 0.3) is 0 Å². The van der Waals surface area contributed by atoms with Crippen LogP contribution in [0.5, 0.6) is 0 Å². The Morgan fingerprint density at radius 1 is 1.08 bits per heavy atom. The minimum Gasteiger partial charge on any atom is -0.325 e. The van der Waals surface area contributed by atoms with Gasteiger partial charge < -0.3 is 10.6 Å². The molecule has 0 aliphatic carbocycles. The molecule has 0 heterocycles. The van der Waals surface area contributed by atoms with Gasteiger partial charge in [0.15, 0.2) is 0 Å². The van der Waals surface area contributed by atoms with Crippen molar-refractivity contribution in [2.45, 2.75) is 12.6 Å². The summed E-state index contributed by atoms with van der Waals surface area (Å²) in [5, 5.41) is 6.03. The van der Waals surface area contributed by atoms with Crippen molar-refractivity contribution in [2.75, 3.05) is 18.4 Å². The summed E-state index contributed by atoms with van der Waals surface area (Å²) in [6, 6.07) is 11.9. The maximum absolute atomic E-state index is 12.6. The van der Waals surface area contributed by atoms with Crippen LogP contribution in [0.15, 0.2) is 48.5 Å². The van der Waals surface area contributed by atoms with E-state index in [2.05, 4.69) is 10.6 Å². The van der Waals surface area contributed by atoms with Crippen LogP contribution in [0, 0.1) is 0 Å². The quantitative estimate of drug-likeness (QED) is 0.764. The topological polar surface area (TPSA) is 41.1 Å². The van der Waals surface area contributed by atoms with Crippen molar-refractivity contribution in [1.82, 2.24) is 5.32 Å². The van der Waals surface area contributed by atoms with Gasteiger partial charge in [0, 0.05) is 10.7 Å². The van der Waals surface area contributed by atoms with Crippen LogP contribution >= 0.6 is 11.6 Å². The molecule has 0 bridgehead atoms. The zero-order valence-corrected chi connectivity index (χ0v) is 13.4. The van der Waals surface area contributed by atoms with Crippen molar-refractivity contribution < 1.29 is 18.0 Å². The molecule has 0 saturated heterocycles. The third-order valence-corrected chi connectivity index (χ3v) is 3.47. The number of anilines is 1. The summed E-state index contributed by atoms with van der Waals surface area (Å²) in [7, 11) is 0. The van der Waals surface area contributed by atoms with Gasteiger partial charge in [0.2, 0.25) is 5.91 Å². The highest BCUT2D eigenvalue weighted by Gasteiger charge is 2.30. The molecule has 7 heteroatoms. The van der Waals surface area contributed by atoms with E-state index < -0.39 is 17.6 Å². The van der Waals surface area contributed by atoms with E-state index in [0.29, 0.717) is 18.0 Å². The SMILES string of the molecule is O=C(CNCCc1cccc(Cl)c1)Nc1cccc(C(F)(F)F)c1. The van der Waals surface area contributed by atoms with Crippen LogP contribution in [0.2, 0.25) is 5.02 Å². The first kappa shape index (κ1) is 18.3. The van der Waals surface area contributed by atoms with Crippen LogP contribution in [0.3, 0.4) is 0 Å². The number of hydrogen-bond donors (Lipinski definition) is 2. The second-order valence-electron chi connectivity index (χ2n) is 5.18. The Morgan fingerprint density at radius 3 is 2.54 bits per heavy atom. The van der Waals surface area contributed by atoms with Gasteiger partial charge in [-0.05, 0) is 48.9 Å². The van der Waals surface area contributed by atoms with Gasteiger partial charge in [-0.25, -0.2) is 0 Å². The third-order valence-electron chi connectivity index (χ3n) is 3.24. The van der Waals surface area contributed by atoms with E-state index in [-0.39, 0.29) is 12.2 Å². The van der Waals surface area contributed by atoms with E-state index in [1.54, 1.807) is 6.07 Å². The van der Waals surface area contributed by atoms with Crippen molar-refractivity contribution in [3.05, 3.63) is 64.7 Å². The van der Waals surface area contributed by atoms with Crippen molar-refractivity contribution in [2.24, 2.45) is 0 Å². The highest BCUT2D eigenvalue weighted by atomic mass is 35.5. The summed E-state index contributed by atoms with van der Waals surface area (Å²) < 4.78 is 37.8. The highest BCUT2D eigenvalue weighted by Crippen LogP contribution is 2.30. The first-order valence-corrected chi connectivity index (χ1v) is 7.64. The van der Waals surface area contributed by atoms with Crippen LogP contribution in [-0.2, 0) is 17.4 Å². The molecule has 0 aliphatic rings. The summed E-state index contributed by atoms with van der Waals surface area (Å²) in [5.41, 5.74) is 0.356. The van der Waals surface area contributed by atoms with Crippen LogP contribution in [-0.4, -0.2) is 19.0 Å². The molecular weight excluding hydrogens is 341 g/mol. The molecule has 2 aromatic carbocycles. The standard InChI is InChI=1S/C17H16ClF3N2O/c18-14-5-1-3-12(9-14)7-8-22-11-16(24)23-15-6-2-4-13(10-15)17(19,20)21/h1-6,9-10,22H,7-8,11H2,(H,23,24). The second-order valence-corrected chi connectivity index (χ2v) is 5.62. The summed E-state index contributed by atoms with van der Waals surface area (Å²) in [5.74, 6) is -0.402. The molecule has 0 saturated carbocycles. The first-order valence-electron chi connectivity index (χ1n) is 7.27. The van der Waals surface area contributed by atoms with Gasteiger partial charge in [0.05, 0.1) is 12.1 Å². The van der Waals surface area contributed by atoms with Gasteiger partial charge >= 0.3 is 6.18 Å². The Balaban J connectivity index is 1.77. The van der Waals surface area contributed by atoms with E-state index in [1.807, 2.05) is 18.2 Å². The molecule has 24 heavy (non-hydrogen) atoms. The van der Waals surface area contributed by atoms with Gasteiger partial charge in [-0.2, -0.15) is 13.2 Å². The third kappa shape index (κ3) is 5.86. The minimum atomic E-state index is -4.43. The van der Waals surface area contributed by atoms with Gasteiger partial charge in [-0.1, -0.05) is 29.8 Å². The molecule has 2 rings (SSSR count). The van der Waals surface area contributed by atoms with Crippen LogP contribution < -0.4 is 10.6 Å². The first-order chi connectivity index (χ1) is 11.3. The monoisotopic (exact) mass is 356 g/mol. The molecule has 3 nitrogen and oxygen atoms in total. The average Bonchev–Trinajstić information content (AvgIpc) is 2.51. The summed E-state index contributed by atoms with van der Waals surface area (Å²) in [6.45, 7) is 0.563. The smallest absolute Gasteiger partial charge is 0.325 e. The summed E-state index contributed by atoms with van der Waals surface area (Å²) in [6.07, 6.45) is -3.74. The van der Waals surface area contributed by atoms with E-state index >= 15 is 0 Å². The second kappa shape index (κ2) is 8.17. The van der Waals surface area contributed by atoms with Crippen LogP contribution in [0.25, 0.3) is 0 Å². The molecule has 0 fully saturated rings. The van der Waals surface area contributed by atoms with Crippen LogP contribution in [0.1, 0.15) is 11.1 Å². The maximum Gasteiger partial charge on any atom is 0.416 e. The van der Waals surface area contributed by atoms with Crippen molar-refractivity contribution in [1.29, 1.82) is 0 Å². The molecule has 2 N–H and O–H groups in total. The average molecular weight is 357 g/mol. The fourth-order valence-electron chi connectivity index (χ4n) is 2.11. The highest BCUT2D eigenvalue weighted by molar-refractivity contribution is 6.30. The zero-order valence-electron chi connectivity index (χ0n) is 12.7. The number of halogens is 4. The Morgan fingerprint density at radius 2 is 1.83 bits per heavy atom. The minimum absolute atomic E-state index is 0.0107. The lowest BCUT2D eigenvalue weighted by Crippen LogP contribution is -2.29. The lowest BCUT2D eigenvalue weighted by atomic mass is 10.1. The fourth-order valence-corrected chi connectivity index (χ4v) is 2.32. The number of rotatable bonds is 6. The normalized spacial score (nSPS) is 11.3. The van der Waals surface area contributed by atoms with Gasteiger partial charge in [-0.3, -0.25) is 4.79 Å². The Labute approximate surface area is 142 Å². The fraction of sp³-hybridized carbons (Fsp3) is 0.235. The zero-order chi connectivity index (χ0) is 17.6. The van der Waals surface area contributed by atoms with Crippen molar-refractivity contribution >= 4 is 23.2 Å². The predicted molar refractivity (Wildman–Crippen MR) is 88.1 cm³/mol. The van der Waals surface area contributed by atoms with Gasteiger partial charge in [0.1, 0.15) is 0 Å². The number of amides is 1. The lowest BCUT2D eigenvalue weighted by molar-refractivity contribution is -0.137. The number of hydrogen-bond acceptors (Lipinski definition) is 2. The number of benzene rings is 2. The molecule has 0 atom stereocenters. The Hall–Kier alpha value is -2.05. The number of carbonyl (C=O) groups excluding carboxylic acids is 1. The van der Waals surface area contributed by atoms with Gasteiger partial charge in [-0.15, -0.1) is 0 Å². The van der Waals surface area contributed by atoms with E-state index in [9.17, 15) is 18.0 Å². The number of alkyl halides is 3. The number of nitrogens with one attached hydrogen (secondary N) is 2. The van der Waals surface area contributed by atoms with E-state index in [0.717, 1.165) is 17.7 Å². The molecular formula is C17H16ClF3N2O. The predicted octanol–water partition coefficient (Wildman–Crippen LogP) is 4.13.